The smallest absolute Gasteiger partial charge is 0.314 e. The number of rotatable bonds is 7. The second-order valence-corrected chi connectivity index (χ2v) is 5.04. The fourth-order valence-corrected chi connectivity index (χ4v) is 1.97. The molecule has 0 aromatic heterocycles. The predicted molar refractivity (Wildman–Crippen MR) is 68.8 cm³/mol. The van der Waals surface area contributed by atoms with Crippen LogP contribution in [-0.4, -0.2) is 19.1 Å². The molecule has 1 aromatic rings. The highest BCUT2D eigenvalue weighted by atomic mass is 19.4. The molecule has 1 fully saturated rings. The van der Waals surface area contributed by atoms with Crippen LogP contribution in [0.15, 0.2) is 18.2 Å². The van der Waals surface area contributed by atoms with Crippen LogP contribution in [0.5, 0.6) is 0 Å². The summed E-state index contributed by atoms with van der Waals surface area (Å²) in [5.41, 5.74) is -1.15. The highest BCUT2D eigenvalue weighted by Crippen LogP contribution is 2.32. The summed E-state index contributed by atoms with van der Waals surface area (Å²) in [5, 5.41) is 6.30. The Labute approximate surface area is 115 Å². The van der Waals surface area contributed by atoms with Gasteiger partial charge >= 0.3 is 6.18 Å². The Balaban J connectivity index is 1.77. The molecule has 20 heavy (non-hydrogen) atoms. The van der Waals surface area contributed by atoms with Crippen molar-refractivity contribution < 1.29 is 17.6 Å². The summed E-state index contributed by atoms with van der Waals surface area (Å²) in [5.74, 6) is -1.18. The summed E-state index contributed by atoms with van der Waals surface area (Å²) >= 11 is 0. The van der Waals surface area contributed by atoms with Gasteiger partial charge in [-0.25, -0.2) is 4.39 Å². The number of alkyl halides is 3. The van der Waals surface area contributed by atoms with Crippen LogP contribution in [0.25, 0.3) is 0 Å². The van der Waals surface area contributed by atoms with E-state index in [-0.39, 0.29) is 12.1 Å². The first-order valence-corrected chi connectivity index (χ1v) is 6.77. The van der Waals surface area contributed by atoms with E-state index in [2.05, 4.69) is 10.6 Å². The summed E-state index contributed by atoms with van der Waals surface area (Å²) in [6.45, 7) is 1.64. The lowest BCUT2D eigenvalue weighted by molar-refractivity contribution is -0.140. The number of hydrogen-bond acceptors (Lipinski definition) is 2. The van der Waals surface area contributed by atoms with Crippen molar-refractivity contribution >= 4 is 0 Å². The normalized spacial score (nSPS) is 15.6. The maximum Gasteiger partial charge on any atom is 0.419 e. The molecule has 0 atom stereocenters. The number of hydrogen-bond donors (Lipinski definition) is 2. The molecule has 0 spiro atoms. The topological polar surface area (TPSA) is 24.1 Å². The Kier molecular flexibility index (Phi) is 4.99. The molecule has 1 aliphatic carbocycles. The molecule has 1 aliphatic rings. The van der Waals surface area contributed by atoms with Crippen molar-refractivity contribution in [3.8, 4) is 0 Å². The molecule has 0 unspecified atom stereocenters. The lowest BCUT2D eigenvalue weighted by atomic mass is 10.1. The molecule has 1 saturated carbocycles. The van der Waals surface area contributed by atoms with E-state index in [4.69, 9.17) is 0 Å². The maximum absolute atomic E-state index is 13.7. The van der Waals surface area contributed by atoms with Gasteiger partial charge in [0, 0.05) is 18.2 Å². The van der Waals surface area contributed by atoms with E-state index in [0.717, 1.165) is 19.0 Å². The Morgan fingerprint density at radius 3 is 2.55 bits per heavy atom. The zero-order chi connectivity index (χ0) is 14.6. The van der Waals surface area contributed by atoms with Gasteiger partial charge in [-0.05, 0) is 38.4 Å². The van der Waals surface area contributed by atoms with Crippen molar-refractivity contribution in [2.45, 2.75) is 38.0 Å². The van der Waals surface area contributed by atoms with Crippen LogP contribution in [-0.2, 0) is 12.7 Å². The third-order valence-electron chi connectivity index (χ3n) is 3.24. The molecule has 0 bridgehead atoms. The Bertz CT molecular complexity index is 441. The quantitative estimate of drug-likeness (QED) is 0.596. The van der Waals surface area contributed by atoms with Gasteiger partial charge in [-0.2, -0.15) is 13.2 Å². The van der Waals surface area contributed by atoms with Crippen molar-refractivity contribution in [1.82, 2.24) is 10.6 Å². The van der Waals surface area contributed by atoms with Crippen molar-refractivity contribution in [3.63, 3.8) is 0 Å². The standard InChI is InChI=1S/C14H18F4N2/c15-13-10(3-1-4-12(13)14(16,17)18)9-19-7-2-8-20-11-5-6-11/h1,3-4,11,19-20H,2,5-9H2. The van der Waals surface area contributed by atoms with Gasteiger partial charge < -0.3 is 10.6 Å². The molecular weight excluding hydrogens is 272 g/mol. The number of benzene rings is 1. The van der Waals surface area contributed by atoms with E-state index in [1.54, 1.807) is 0 Å². The fraction of sp³-hybridized carbons (Fsp3) is 0.571. The minimum atomic E-state index is -4.64. The van der Waals surface area contributed by atoms with Gasteiger partial charge in [-0.1, -0.05) is 12.1 Å². The molecule has 0 heterocycles. The Morgan fingerprint density at radius 2 is 1.90 bits per heavy atom. The molecule has 0 radical (unpaired) electrons. The summed E-state index contributed by atoms with van der Waals surface area (Å²) in [6, 6.07) is 4.02. The van der Waals surface area contributed by atoms with Crippen molar-refractivity contribution in [3.05, 3.63) is 35.1 Å². The Morgan fingerprint density at radius 1 is 1.15 bits per heavy atom. The summed E-state index contributed by atoms with van der Waals surface area (Å²) in [6.07, 6.45) is -1.32. The van der Waals surface area contributed by atoms with Gasteiger partial charge in [0.1, 0.15) is 5.82 Å². The maximum atomic E-state index is 13.7. The van der Waals surface area contributed by atoms with Gasteiger partial charge in [0.15, 0.2) is 0 Å². The van der Waals surface area contributed by atoms with Gasteiger partial charge in [-0.15, -0.1) is 0 Å². The molecule has 2 nitrogen and oxygen atoms in total. The molecule has 1 aromatic carbocycles. The molecule has 0 amide bonds. The molecular formula is C14H18F4N2. The minimum absolute atomic E-state index is 0.0509. The van der Waals surface area contributed by atoms with E-state index in [1.807, 2.05) is 0 Å². The monoisotopic (exact) mass is 290 g/mol. The van der Waals surface area contributed by atoms with Crippen LogP contribution >= 0.6 is 0 Å². The predicted octanol–water partition coefficient (Wildman–Crippen LogP) is 3.08. The van der Waals surface area contributed by atoms with Crippen LogP contribution in [0, 0.1) is 5.82 Å². The molecule has 112 valence electrons. The zero-order valence-electron chi connectivity index (χ0n) is 11.1. The van der Waals surface area contributed by atoms with Crippen molar-refractivity contribution in [1.29, 1.82) is 0 Å². The molecule has 6 heteroatoms. The van der Waals surface area contributed by atoms with Crippen LogP contribution in [0.1, 0.15) is 30.4 Å². The van der Waals surface area contributed by atoms with Crippen LogP contribution in [0.3, 0.4) is 0 Å². The van der Waals surface area contributed by atoms with Crippen molar-refractivity contribution in [2.24, 2.45) is 0 Å². The van der Waals surface area contributed by atoms with Gasteiger partial charge in [0.05, 0.1) is 5.56 Å². The first-order valence-electron chi connectivity index (χ1n) is 6.77. The third kappa shape index (κ3) is 4.45. The highest BCUT2D eigenvalue weighted by molar-refractivity contribution is 5.28. The molecule has 2 rings (SSSR count). The van der Waals surface area contributed by atoms with Crippen LogP contribution in [0.4, 0.5) is 17.6 Å². The minimum Gasteiger partial charge on any atom is -0.314 e. The first-order chi connectivity index (χ1) is 9.48. The Hall–Kier alpha value is -1.14. The van der Waals surface area contributed by atoms with Crippen LogP contribution in [0.2, 0.25) is 0 Å². The molecule has 0 saturated heterocycles. The molecule has 2 N–H and O–H groups in total. The van der Waals surface area contributed by atoms with Gasteiger partial charge in [0.2, 0.25) is 0 Å². The average molecular weight is 290 g/mol. The first kappa shape index (κ1) is 15.3. The summed E-state index contributed by atoms with van der Waals surface area (Å²) in [4.78, 5) is 0. The summed E-state index contributed by atoms with van der Waals surface area (Å²) < 4.78 is 51.3. The SMILES string of the molecule is Fc1c(CNCCCNC2CC2)cccc1C(F)(F)F. The zero-order valence-corrected chi connectivity index (χ0v) is 11.1. The fourth-order valence-electron chi connectivity index (χ4n) is 1.97. The second-order valence-electron chi connectivity index (χ2n) is 5.04. The summed E-state index contributed by atoms with van der Waals surface area (Å²) in [7, 11) is 0. The van der Waals surface area contributed by atoms with Crippen LogP contribution < -0.4 is 10.6 Å². The van der Waals surface area contributed by atoms with Gasteiger partial charge in [0.25, 0.3) is 0 Å². The second kappa shape index (κ2) is 6.54. The van der Waals surface area contributed by atoms with Gasteiger partial charge in [-0.3, -0.25) is 0 Å². The van der Waals surface area contributed by atoms with E-state index >= 15 is 0 Å². The highest BCUT2D eigenvalue weighted by Gasteiger charge is 2.34. The molecule has 0 aliphatic heterocycles. The lowest BCUT2D eigenvalue weighted by Crippen LogP contribution is -2.23. The lowest BCUT2D eigenvalue weighted by Gasteiger charge is -2.12. The largest absolute Gasteiger partial charge is 0.419 e. The average Bonchev–Trinajstić information content (AvgIpc) is 3.18. The van der Waals surface area contributed by atoms with E-state index in [9.17, 15) is 17.6 Å². The van der Waals surface area contributed by atoms with E-state index in [1.165, 1.54) is 25.0 Å². The van der Waals surface area contributed by atoms with Crippen molar-refractivity contribution in [2.75, 3.05) is 13.1 Å². The van der Waals surface area contributed by atoms with E-state index in [0.29, 0.717) is 12.6 Å². The number of nitrogens with one attached hydrogen (secondary N) is 2. The third-order valence-corrected chi connectivity index (χ3v) is 3.24. The number of halogens is 4. The van der Waals surface area contributed by atoms with E-state index < -0.39 is 17.6 Å².